The number of benzene rings is 2. The maximum Gasteiger partial charge on any atom is 0.224 e. The maximum absolute atomic E-state index is 12.3. The van der Waals surface area contributed by atoms with Gasteiger partial charge in [0.1, 0.15) is 12.1 Å². The summed E-state index contributed by atoms with van der Waals surface area (Å²) in [6, 6.07) is 14.9. The second kappa shape index (κ2) is 9.54. The van der Waals surface area contributed by atoms with Gasteiger partial charge in [-0.3, -0.25) is 4.79 Å². The van der Waals surface area contributed by atoms with E-state index in [0.29, 0.717) is 18.0 Å². The van der Waals surface area contributed by atoms with Crippen LogP contribution in [0.3, 0.4) is 0 Å². The van der Waals surface area contributed by atoms with Crippen LogP contribution in [0, 0.1) is 0 Å². The zero-order valence-corrected chi connectivity index (χ0v) is 16.6. The molecule has 0 atom stereocenters. The van der Waals surface area contributed by atoms with Gasteiger partial charge < -0.3 is 19.5 Å². The first-order valence-electron chi connectivity index (χ1n) is 9.06. The molecule has 0 unspecified atom stereocenters. The number of hydrogen-bond donors (Lipinski definition) is 1. The summed E-state index contributed by atoms with van der Waals surface area (Å²) in [7, 11) is 4.77. The van der Waals surface area contributed by atoms with Crippen molar-refractivity contribution >= 4 is 5.91 Å². The van der Waals surface area contributed by atoms with Gasteiger partial charge in [-0.25, -0.2) is 9.97 Å². The van der Waals surface area contributed by atoms with Crippen molar-refractivity contribution in [2.75, 3.05) is 21.3 Å². The van der Waals surface area contributed by atoms with E-state index < -0.39 is 0 Å². The number of nitrogens with one attached hydrogen (secondary N) is 1. The summed E-state index contributed by atoms with van der Waals surface area (Å²) in [5.74, 6) is 1.90. The van der Waals surface area contributed by atoms with Crippen LogP contribution in [0.15, 0.2) is 54.9 Å². The lowest BCUT2D eigenvalue weighted by atomic mass is 10.1. The number of carbonyl (C=O) groups is 1. The maximum atomic E-state index is 12.3. The summed E-state index contributed by atoms with van der Waals surface area (Å²) in [5, 5.41) is 2.89. The number of methoxy groups -OCH3 is 3. The van der Waals surface area contributed by atoms with Gasteiger partial charge in [-0.05, 0) is 48.0 Å². The predicted molar refractivity (Wildman–Crippen MR) is 109 cm³/mol. The Kier molecular flexibility index (Phi) is 6.63. The van der Waals surface area contributed by atoms with Crippen molar-refractivity contribution in [1.29, 1.82) is 0 Å². The van der Waals surface area contributed by atoms with Crippen LogP contribution >= 0.6 is 0 Å². The molecule has 0 spiro atoms. The van der Waals surface area contributed by atoms with Crippen LogP contribution in [0.4, 0.5) is 0 Å². The third-order valence-electron chi connectivity index (χ3n) is 4.39. The van der Waals surface area contributed by atoms with Gasteiger partial charge in [0.2, 0.25) is 5.91 Å². The molecule has 0 radical (unpaired) electrons. The molecule has 0 saturated carbocycles. The normalized spacial score (nSPS) is 10.3. The lowest BCUT2D eigenvalue weighted by molar-refractivity contribution is -0.120. The Morgan fingerprint density at radius 3 is 2.34 bits per heavy atom. The first-order valence-corrected chi connectivity index (χ1v) is 9.06. The number of amides is 1. The summed E-state index contributed by atoms with van der Waals surface area (Å²) in [6.45, 7) is 0.317. The van der Waals surface area contributed by atoms with Crippen molar-refractivity contribution < 1.29 is 19.0 Å². The average molecular weight is 393 g/mol. The molecule has 150 valence electrons. The van der Waals surface area contributed by atoms with Gasteiger partial charge in [0.25, 0.3) is 0 Å². The molecule has 1 aromatic heterocycles. The zero-order chi connectivity index (χ0) is 20.6. The Labute approximate surface area is 169 Å². The Balaban J connectivity index is 1.61. The SMILES string of the molecule is COc1ccc(-c2cc(CNC(=O)Cc3ccc(OC)c(OC)c3)ncn2)cc1. The van der Waals surface area contributed by atoms with Crippen LogP contribution in [0.2, 0.25) is 0 Å². The fraction of sp³-hybridized carbons (Fsp3) is 0.227. The zero-order valence-electron chi connectivity index (χ0n) is 16.6. The summed E-state index contributed by atoms with van der Waals surface area (Å²) < 4.78 is 15.7. The van der Waals surface area contributed by atoms with E-state index >= 15 is 0 Å². The highest BCUT2D eigenvalue weighted by Crippen LogP contribution is 2.27. The molecule has 1 heterocycles. The van der Waals surface area contributed by atoms with E-state index in [1.54, 1.807) is 33.5 Å². The minimum absolute atomic E-state index is 0.109. The molecule has 2 aromatic carbocycles. The van der Waals surface area contributed by atoms with E-state index in [9.17, 15) is 4.79 Å². The molecule has 0 aliphatic carbocycles. The van der Waals surface area contributed by atoms with Crippen molar-refractivity contribution in [3.8, 4) is 28.5 Å². The summed E-state index contributed by atoms with van der Waals surface area (Å²) in [5.41, 5.74) is 3.30. The number of hydrogen-bond acceptors (Lipinski definition) is 6. The lowest BCUT2D eigenvalue weighted by Crippen LogP contribution is -2.25. The molecular formula is C22H23N3O4. The van der Waals surface area contributed by atoms with Crippen LogP contribution < -0.4 is 19.5 Å². The molecular weight excluding hydrogens is 370 g/mol. The summed E-state index contributed by atoms with van der Waals surface area (Å²) in [4.78, 5) is 20.9. The Bertz CT molecular complexity index is 974. The van der Waals surface area contributed by atoms with Gasteiger partial charge in [0.05, 0.1) is 45.7 Å². The van der Waals surface area contributed by atoms with Crippen molar-refractivity contribution in [1.82, 2.24) is 15.3 Å². The minimum Gasteiger partial charge on any atom is -0.497 e. The molecule has 1 amide bonds. The largest absolute Gasteiger partial charge is 0.497 e. The second-order valence-electron chi connectivity index (χ2n) is 6.27. The molecule has 7 heteroatoms. The number of ether oxygens (including phenoxy) is 3. The van der Waals surface area contributed by atoms with Crippen molar-refractivity contribution in [2.45, 2.75) is 13.0 Å². The molecule has 7 nitrogen and oxygen atoms in total. The monoisotopic (exact) mass is 393 g/mol. The van der Waals surface area contributed by atoms with Crippen molar-refractivity contribution in [2.24, 2.45) is 0 Å². The van der Waals surface area contributed by atoms with E-state index in [2.05, 4.69) is 15.3 Å². The Morgan fingerprint density at radius 2 is 1.66 bits per heavy atom. The fourth-order valence-electron chi connectivity index (χ4n) is 2.84. The molecule has 3 aromatic rings. The third kappa shape index (κ3) is 5.22. The summed E-state index contributed by atoms with van der Waals surface area (Å²) >= 11 is 0. The number of rotatable bonds is 8. The second-order valence-corrected chi connectivity index (χ2v) is 6.27. The van der Waals surface area contributed by atoms with E-state index in [0.717, 1.165) is 28.3 Å². The molecule has 0 saturated heterocycles. The van der Waals surface area contributed by atoms with E-state index in [1.165, 1.54) is 6.33 Å². The summed E-state index contributed by atoms with van der Waals surface area (Å²) in [6.07, 6.45) is 1.73. The van der Waals surface area contributed by atoms with Gasteiger partial charge in [-0.1, -0.05) is 6.07 Å². The number of nitrogens with zero attached hydrogens (tertiary/aromatic N) is 2. The van der Waals surface area contributed by atoms with Crippen molar-refractivity contribution in [3.63, 3.8) is 0 Å². The topological polar surface area (TPSA) is 82.6 Å². The van der Waals surface area contributed by atoms with Crippen LogP contribution in [0.5, 0.6) is 17.2 Å². The highest BCUT2D eigenvalue weighted by Gasteiger charge is 2.09. The average Bonchev–Trinajstić information content (AvgIpc) is 2.78. The van der Waals surface area contributed by atoms with E-state index in [4.69, 9.17) is 14.2 Å². The van der Waals surface area contributed by atoms with E-state index in [1.807, 2.05) is 36.4 Å². The fourth-order valence-corrected chi connectivity index (χ4v) is 2.84. The molecule has 0 bridgehead atoms. The van der Waals surface area contributed by atoms with Crippen LogP contribution in [0.1, 0.15) is 11.3 Å². The Hall–Kier alpha value is -3.61. The van der Waals surface area contributed by atoms with Crippen LogP contribution in [-0.4, -0.2) is 37.2 Å². The quantitative estimate of drug-likeness (QED) is 0.633. The number of aromatic nitrogens is 2. The van der Waals surface area contributed by atoms with Gasteiger partial charge >= 0.3 is 0 Å². The van der Waals surface area contributed by atoms with Crippen molar-refractivity contribution in [3.05, 3.63) is 66.1 Å². The van der Waals surface area contributed by atoms with Gasteiger partial charge in [0.15, 0.2) is 11.5 Å². The van der Waals surface area contributed by atoms with E-state index in [-0.39, 0.29) is 12.3 Å². The highest BCUT2D eigenvalue weighted by molar-refractivity contribution is 5.78. The molecule has 0 aliphatic rings. The minimum atomic E-state index is -0.109. The molecule has 1 N–H and O–H groups in total. The van der Waals surface area contributed by atoms with Gasteiger partial charge in [-0.2, -0.15) is 0 Å². The molecule has 0 fully saturated rings. The standard InChI is InChI=1S/C22H23N3O4/c1-27-18-7-5-16(6-8-18)19-12-17(24-14-25-19)13-23-22(26)11-15-4-9-20(28-2)21(10-15)29-3/h4-10,12,14H,11,13H2,1-3H3,(H,23,26). The highest BCUT2D eigenvalue weighted by atomic mass is 16.5. The Morgan fingerprint density at radius 1 is 0.897 bits per heavy atom. The van der Waals surface area contributed by atoms with Crippen LogP contribution in [-0.2, 0) is 17.8 Å². The molecule has 3 rings (SSSR count). The first-order chi connectivity index (χ1) is 14.1. The third-order valence-corrected chi connectivity index (χ3v) is 4.39. The van der Waals surface area contributed by atoms with Gasteiger partial charge in [-0.15, -0.1) is 0 Å². The lowest BCUT2D eigenvalue weighted by Gasteiger charge is -2.10. The first kappa shape index (κ1) is 20.1. The predicted octanol–water partition coefficient (Wildman–Crippen LogP) is 3.03. The number of carbonyl (C=O) groups excluding carboxylic acids is 1. The van der Waals surface area contributed by atoms with Crippen LogP contribution in [0.25, 0.3) is 11.3 Å². The van der Waals surface area contributed by atoms with Gasteiger partial charge in [0, 0.05) is 5.56 Å². The smallest absolute Gasteiger partial charge is 0.224 e. The molecule has 0 aliphatic heterocycles. The molecule has 29 heavy (non-hydrogen) atoms.